The first-order chi connectivity index (χ1) is 9.78. The Hall–Kier alpha value is -1.44. The normalized spacial score (nSPS) is 35.4. The summed E-state index contributed by atoms with van der Waals surface area (Å²) in [6.07, 6.45) is 3.27. The minimum atomic E-state index is -0.305. The molecule has 0 aromatic carbocycles. The summed E-state index contributed by atoms with van der Waals surface area (Å²) < 4.78 is 13.2. The number of anilines is 1. The van der Waals surface area contributed by atoms with E-state index in [1.54, 1.807) is 6.20 Å². The molecule has 3 fully saturated rings. The zero-order valence-electron chi connectivity index (χ0n) is 11.0. The van der Waals surface area contributed by atoms with Gasteiger partial charge in [-0.25, -0.2) is 0 Å². The van der Waals surface area contributed by atoms with Crippen molar-refractivity contribution >= 4 is 5.95 Å². The first kappa shape index (κ1) is 12.3. The van der Waals surface area contributed by atoms with E-state index in [4.69, 9.17) is 9.47 Å². The molecule has 0 aliphatic carbocycles. The minimum Gasteiger partial charge on any atom is -0.394 e. The molecule has 7 heteroatoms. The molecule has 108 valence electrons. The summed E-state index contributed by atoms with van der Waals surface area (Å²) in [5.41, 5.74) is -0.242. The third-order valence-corrected chi connectivity index (χ3v) is 4.19. The summed E-state index contributed by atoms with van der Waals surface area (Å²) in [6, 6.07) is 1.44. The SMILES string of the molecule is O=c1ccn([C@@H]2O[C@H](CO)[C@@H]3O[C@@H]32)c(N2CCCC2)n1. The van der Waals surface area contributed by atoms with E-state index in [1.807, 2.05) is 4.57 Å². The summed E-state index contributed by atoms with van der Waals surface area (Å²) >= 11 is 0. The average molecular weight is 279 g/mol. The summed E-state index contributed by atoms with van der Waals surface area (Å²) in [5.74, 6) is 0.646. The maximum atomic E-state index is 11.6. The number of rotatable bonds is 3. The highest BCUT2D eigenvalue weighted by atomic mass is 16.7. The van der Waals surface area contributed by atoms with Crippen LogP contribution in [0.3, 0.4) is 0 Å². The van der Waals surface area contributed by atoms with Crippen molar-refractivity contribution in [3.8, 4) is 0 Å². The molecule has 1 N–H and O–H groups in total. The molecule has 4 rings (SSSR count). The fourth-order valence-corrected chi connectivity index (χ4v) is 3.12. The molecule has 4 heterocycles. The highest BCUT2D eigenvalue weighted by molar-refractivity contribution is 5.33. The molecule has 4 atom stereocenters. The van der Waals surface area contributed by atoms with E-state index in [1.165, 1.54) is 6.07 Å². The van der Waals surface area contributed by atoms with Gasteiger partial charge >= 0.3 is 0 Å². The van der Waals surface area contributed by atoms with Crippen LogP contribution in [-0.2, 0) is 9.47 Å². The van der Waals surface area contributed by atoms with Gasteiger partial charge in [0.15, 0.2) is 6.23 Å². The number of aliphatic hydroxyl groups excluding tert-OH is 1. The molecule has 20 heavy (non-hydrogen) atoms. The molecular weight excluding hydrogens is 262 g/mol. The van der Waals surface area contributed by atoms with Crippen LogP contribution < -0.4 is 10.5 Å². The maximum absolute atomic E-state index is 11.6. The van der Waals surface area contributed by atoms with Crippen LogP contribution in [0.1, 0.15) is 19.1 Å². The monoisotopic (exact) mass is 279 g/mol. The molecule has 3 saturated heterocycles. The summed E-state index contributed by atoms with van der Waals surface area (Å²) in [7, 11) is 0. The molecule has 0 unspecified atom stereocenters. The van der Waals surface area contributed by atoms with Crippen LogP contribution in [0.25, 0.3) is 0 Å². The van der Waals surface area contributed by atoms with E-state index in [0.29, 0.717) is 5.95 Å². The molecule has 1 aromatic heterocycles. The van der Waals surface area contributed by atoms with Gasteiger partial charge in [0, 0.05) is 25.4 Å². The third kappa shape index (κ3) is 1.85. The van der Waals surface area contributed by atoms with Crippen molar-refractivity contribution < 1.29 is 14.6 Å². The smallest absolute Gasteiger partial charge is 0.274 e. The lowest BCUT2D eigenvalue weighted by molar-refractivity contribution is -0.0836. The van der Waals surface area contributed by atoms with Crippen LogP contribution >= 0.6 is 0 Å². The summed E-state index contributed by atoms with van der Waals surface area (Å²) in [6.45, 7) is 1.76. The molecular formula is C13H17N3O4. The molecule has 3 aliphatic rings. The zero-order valence-corrected chi connectivity index (χ0v) is 11.0. The minimum absolute atomic E-state index is 0.0316. The quantitative estimate of drug-likeness (QED) is 0.751. The van der Waals surface area contributed by atoms with E-state index in [2.05, 4.69) is 9.88 Å². The van der Waals surface area contributed by atoms with E-state index in [-0.39, 0.29) is 36.7 Å². The zero-order chi connectivity index (χ0) is 13.7. The number of epoxide rings is 1. The van der Waals surface area contributed by atoms with Gasteiger partial charge in [0.1, 0.15) is 18.3 Å². The Balaban J connectivity index is 1.69. The molecule has 7 nitrogen and oxygen atoms in total. The number of fused-ring (bicyclic) bond motifs is 1. The number of nitrogens with zero attached hydrogens (tertiary/aromatic N) is 3. The molecule has 0 saturated carbocycles. The Morgan fingerprint density at radius 2 is 2.10 bits per heavy atom. The number of ether oxygens (including phenoxy) is 2. The Kier molecular flexibility index (Phi) is 2.80. The second kappa shape index (κ2) is 4.54. The Labute approximate surface area is 115 Å². The Morgan fingerprint density at radius 3 is 2.80 bits per heavy atom. The maximum Gasteiger partial charge on any atom is 0.274 e. The van der Waals surface area contributed by atoms with Gasteiger partial charge in [0.25, 0.3) is 5.56 Å². The van der Waals surface area contributed by atoms with Gasteiger partial charge in [-0.05, 0) is 12.8 Å². The van der Waals surface area contributed by atoms with Crippen molar-refractivity contribution in [2.45, 2.75) is 37.4 Å². The predicted octanol–water partition coefficient (Wildman–Crippen LogP) is -0.499. The van der Waals surface area contributed by atoms with Crippen LogP contribution in [0.15, 0.2) is 17.1 Å². The highest BCUT2D eigenvalue weighted by Gasteiger charge is 2.59. The number of hydrogen-bond donors (Lipinski definition) is 1. The van der Waals surface area contributed by atoms with Gasteiger partial charge in [-0.3, -0.25) is 9.36 Å². The number of aromatic nitrogens is 2. The van der Waals surface area contributed by atoms with Crippen molar-refractivity contribution in [1.29, 1.82) is 0 Å². The molecule has 0 radical (unpaired) electrons. The molecule has 0 amide bonds. The van der Waals surface area contributed by atoms with Gasteiger partial charge in [-0.15, -0.1) is 0 Å². The Bertz CT molecular complexity index is 569. The lowest BCUT2D eigenvalue weighted by Crippen LogP contribution is -2.31. The van der Waals surface area contributed by atoms with Gasteiger partial charge < -0.3 is 19.5 Å². The molecule has 1 aromatic rings. The standard InChI is InChI=1S/C13H17N3O4/c17-7-8-10-11(20-10)12(19-8)16-6-3-9(18)14-13(16)15-4-1-2-5-15/h3,6,8,10-12,17H,1-2,4-5,7H2/t8-,10+,11+,12-/m1/s1. The van der Waals surface area contributed by atoms with Gasteiger partial charge in [0.05, 0.1) is 6.61 Å². The molecule has 0 bridgehead atoms. The molecule has 3 aliphatic heterocycles. The van der Waals surface area contributed by atoms with Gasteiger partial charge in [0.2, 0.25) is 5.95 Å². The number of hydrogen-bond acceptors (Lipinski definition) is 6. The fraction of sp³-hybridized carbons (Fsp3) is 0.692. The van der Waals surface area contributed by atoms with Gasteiger partial charge in [-0.1, -0.05) is 0 Å². The van der Waals surface area contributed by atoms with Crippen molar-refractivity contribution in [3.63, 3.8) is 0 Å². The van der Waals surface area contributed by atoms with E-state index < -0.39 is 0 Å². The van der Waals surface area contributed by atoms with Crippen LogP contribution in [0.4, 0.5) is 5.95 Å². The van der Waals surface area contributed by atoms with E-state index in [9.17, 15) is 9.90 Å². The second-order valence-electron chi connectivity index (χ2n) is 5.48. The van der Waals surface area contributed by atoms with Gasteiger partial charge in [-0.2, -0.15) is 4.98 Å². The van der Waals surface area contributed by atoms with Crippen molar-refractivity contribution in [2.24, 2.45) is 0 Å². The van der Waals surface area contributed by atoms with Crippen LogP contribution in [0.2, 0.25) is 0 Å². The van der Waals surface area contributed by atoms with E-state index in [0.717, 1.165) is 25.9 Å². The predicted molar refractivity (Wildman–Crippen MR) is 69.6 cm³/mol. The lowest BCUT2D eigenvalue weighted by Gasteiger charge is -2.25. The third-order valence-electron chi connectivity index (χ3n) is 4.19. The van der Waals surface area contributed by atoms with Crippen molar-refractivity contribution in [3.05, 3.63) is 22.6 Å². The van der Waals surface area contributed by atoms with Crippen LogP contribution in [0, 0.1) is 0 Å². The Morgan fingerprint density at radius 1 is 1.30 bits per heavy atom. The first-order valence-electron chi connectivity index (χ1n) is 7.04. The average Bonchev–Trinajstić information content (AvgIpc) is 2.92. The largest absolute Gasteiger partial charge is 0.394 e. The second-order valence-corrected chi connectivity index (χ2v) is 5.48. The highest BCUT2D eigenvalue weighted by Crippen LogP contribution is 2.45. The molecule has 0 spiro atoms. The van der Waals surface area contributed by atoms with Crippen LogP contribution in [-0.4, -0.2) is 52.7 Å². The van der Waals surface area contributed by atoms with Crippen LogP contribution in [0.5, 0.6) is 0 Å². The van der Waals surface area contributed by atoms with Crippen molar-refractivity contribution in [1.82, 2.24) is 9.55 Å². The topological polar surface area (TPSA) is 80.1 Å². The van der Waals surface area contributed by atoms with E-state index >= 15 is 0 Å². The summed E-state index contributed by atoms with van der Waals surface area (Å²) in [4.78, 5) is 17.8. The van der Waals surface area contributed by atoms with Crippen molar-refractivity contribution in [2.75, 3.05) is 24.6 Å². The fourth-order valence-electron chi connectivity index (χ4n) is 3.12. The lowest BCUT2D eigenvalue weighted by atomic mass is 10.2. The first-order valence-corrected chi connectivity index (χ1v) is 7.04. The summed E-state index contributed by atoms with van der Waals surface area (Å²) in [5, 5.41) is 9.26. The number of aliphatic hydroxyl groups is 1.